The molecule has 0 N–H and O–H groups in total. The Labute approximate surface area is 107 Å². The summed E-state index contributed by atoms with van der Waals surface area (Å²) >= 11 is 0. The average molecular weight is 260 g/mol. The van der Waals surface area contributed by atoms with Gasteiger partial charge in [-0.25, -0.2) is 0 Å². The quantitative estimate of drug-likeness (QED) is 0.689. The molecule has 0 amide bonds. The van der Waals surface area contributed by atoms with Gasteiger partial charge in [0.2, 0.25) is 0 Å². The Bertz CT molecular complexity index is 308. The Morgan fingerprint density at radius 2 is 1.88 bits per heavy atom. The van der Waals surface area contributed by atoms with Gasteiger partial charge < -0.3 is 13.9 Å². The number of Topliss-reactive ketones (excluding diaryl/α,β-unsaturated/α-hetero) is 1. The Balaban J connectivity index is 3.04. The van der Waals surface area contributed by atoms with E-state index in [1.165, 1.54) is 0 Å². The van der Waals surface area contributed by atoms with E-state index in [0.29, 0.717) is 17.1 Å². The largest absolute Gasteiger partial charge is 0.422 e. The normalized spacial score (nSPS) is 34.0. The minimum Gasteiger partial charge on any atom is -0.422 e. The van der Waals surface area contributed by atoms with Crippen molar-refractivity contribution < 1.29 is 18.7 Å². The first-order chi connectivity index (χ1) is 7.52. The van der Waals surface area contributed by atoms with Gasteiger partial charge in [-0.1, -0.05) is 20.8 Å². The van der Waals surface area contributed by atoms with Crippen LogP contribution in [0.5, 0.6) is 0 Å². The van der Waals surface area contributed by atoms with Crippen LogP contribution < -0.4 is 0 Å². The summed E-state index contributed by atoms with van der Waals surface area (Å²) in [6.45, 7) is 11.8. The van der Waals surface area contributed by atoms with Crippen LogP contribution in [0, 0.1) is 5.41 Å². The van der Waals surface area contributed by atoms with Gasteiger partial charge in [-0.2, -0.15) is 0 Å². The summed E-state index contributed by atoms with van der Waals surface area (Å²) in [6.07, 6.45) is -0.465. The smallest absolute Gasteiger partial charge is 0.193 e. The number of ketones is 1. The van der Waals surface area contributed by atoms with Crippen molar-refractivity contribution in [1.29, 1.82) is 0 Å². The summed E-state index contributed by atoms with van der Waals surface area (Å²) in [5, 5.41) is 0. The molecule has 1 rings (SSSR count). The highest BCUT2D eigenvalue weighted by Gasteiger charge is 2.52. The molecule has 0 saturated carbocycles. The summed E-state index contributed by atoms with van der Waals surface area (Å²) in [4.78, 5) is 12.3. The molecule has 1 saturated heterocycles. The van der Waals surface area contributed by atoms with Crippen LogP contribution in [0.15, 0.2) is 0 Å². The van der Waals surface area contributed by atoms with Crippen molar-refractivity contribution in [3.63, 3.8) is 0 Å². The lowest BCUT2D eigenvalue weighted by Gasteiger charge is -2.48. The van der Waals surface area contributed by atoms with E-state index in [2.05, 4.69) is 0 Å². The van der Waals surface area contributed by atoms with Gasteiger partial charge >= 0.3 is 0 Å². The molecule has 0 aliphatic carbocycles. The standard InChI is InChI=1S/C12H24O4Si/c1-10(2,3)9-8(13)11(4,5)16-12(6,15-9)7-14-17/h9H,7H2,1-6,17H3. The van der Waals surface area contributed by atoms with E-state index in [0.717, 1.165) is 0 Å². The van der Waals surface area contributed by atoms with Crippen LogP contribution in [0.3, 0.4) is 0 Å². The highest BCUT2D eigenvalue weighted by molar-refractivity contribution is 5.98. The molecule has 1 aliphatic rings. The number of rotatable bonds is 2. The molecule has 17 heavy (non-hydrogen) atoms. The molecule has 1 fully saturated rings. The number of hydrogen-bond donors (Lipinski definition) is 0. The first-order valence-corrected chi connectivity index (χ1v) is 6.75. The van der Waals surface area contributed by atoms with Crippen molar-refractivity contribution in [2.75, 3.05) is 6.61 Å². The van der Waals surface area contributed by atoms with E-state index in [9.17, 15) is 4.79 Å². The molecule has 0 radical (unpaired) electrons. The average Bonchev–Trinajstić information content (AvgIpc) is 2.09. The molecule has 100 valence electrons. The van der Waals surface area contributed by atoms with Crippen LogP contribution in [0.2, 0.25) is 0 Å². The fraction of sp³-hybridized carbons (Fsp3) is 0.917. The zero-order chi connectivity index (χ0) is 13.5. The van der Waals surface area contributed by atoms with Gasteiger partial charge in [-0.05, 0) is 26.2 Å². The Hall–Kier alpha value is -0.233. The molecule has 1 heterocycles. The topological polar surface area (TPSA) is 44.8 Å². The molecule has 0 aromatic heterocycles. The summed E-state index contributed by atoms with van der Waals surface area (Å²) < 4.78 is 16.9. The number of ether oxygens (including phenoxy) is 2. The molecule has 0 aromatic carbocycles. The van der Waals surface area contributed by atoms with E-state index in [1.54, 1.807) is 13.8 Å². The zero-order valence-corrected chi connectivity index (χ0v) is 13.9. The summed E-state index contributed by atoms with van der Waals surface area (Å²) in [7, 11) is 0.622. The van der Waals surface area contributed by atoms with Gasteiger partial charge in [0.05, 0.1) is 6.61 Å². The van der Waals surface area contributed by atoms with Crippen LogP contribution in [0.4, 0.5) is 0 Å². The van der Waals surface area contributed by atoms with Crippen molar-refractivity contribution in [3.05, 3.63) is 0 Å². The molecule has 5 heteroatoms. The monoisotopic (exact) mass is 260 g/mol. The van der Waals surface area contributed by atoms with Crippen LogP contribution in [0.1, 0.15) is 41.5 Å². The minimum absolute atomic E-state index is 0.00387. The van der Waals surface area contributed by atoms with Crippen molar-refractivity contribution in [2.45, 2.75) is 59.0 Å². The number of hydrogen-bond acceptors (Lipinski definition) is 4. The molecule has 4 nitrogen and oxygen atoms in total. The van der Waals surface area contributed by atoms with Crippen LogP contribution in [0.25, 0.3) is 0 Å². The fourth-order valence-corrected chi connectivity index (χ4v) is 2.65. The maximum Gasteiger partial charge on any atom is 0.193 e. The molecule has 0 aromatic rings. The Kier molecular flexibility index (Phi) is 3.89. The highest BCUT2D eigenvalue weighted by Crippen LogP contribution is 2.38. The first-order valence-electron chi connectivity index (χ1n) is 5.93. The molecule has 1 aliphatic heterocycles. The van der Waals surface area contributed by atoms with Crippen molar-refractivity contribution >= 4 is 16.3 Å². The summed E-state index contributed by atoms with van der Waals surface area (Å²) in [6, 6.07) is 0. The minimum atomic E-state index is -0.836. The summed E-state index contributed by atoms with van der Waals surface area (Å²) in [5.41, 5.74) is -1.07. The lowest BCUT2D eigenvalue weighted by molar-refractivity contribution is -0.327. The lowest BCUT2D eigenvalue weighted by Crippen LogP contribution is -2.62. The van der Waals surface area contributed by atoms with Gasteiger partial charge in [-0.3, -0.25) is 4.79 Å². The van der Waals surface area contributed by atoms with E-state index >= 15 is 0 Å². The van der Waals surface area contributed by atoms with E-state index in [1.807, 2.05) is 27.7 Å². The number of carbonyl (C=O) groups is 1. The zero-order valence-electron chi connectivity index (χ0n) is 11.9. The van der Waals surface area contributed by atoms with E-state index in [4.69, 9.17) is 13.9 Å². The second-order valence-electron chi connectivity index (χ2n) is 6.41. The van der Waals surface area contributed by atoms with Crippen molar-refractivity contribution in [2.24, 2.45) is 5.41 Å². The maximum absolute atomic E-state index is 12.3. The Morgan fingerprint density at radius 1 is 1.35 bits per heavy atom. The Morgan fingerprint density at radius 3 is 2.29 bits per heavy atom. The first kappa shape index (κ1) is 14.8. The molecular formula is C12H24O4Si. The third-order valence-electron chi connectivity index (χ3n) is 2.86. The molecule has 0 bridgehead atoms. The number of carbonyl (C=O) groups excluding carboxylic acids is 1. The third-order valence-corrected chi connectivity index (χ3v) is 3.15. The van der Waals surface area contributed by atoms with Crippen LogP contribution in [-0.2, 0) is 18.7 Å². The van der Waals surface area contributed by atoms with Gasteiger partial charge in [0, 0.05) is 0 Å². The van der Waals surface area contributed by atoms with Crippen molar-refractivity contribution in [1.82, 2.24) is 0 Å². The third kappa shape index (κ3) is 3.16. The van der Waals surface area contributed by atoms with E-state index in [-0.39, 0.29) is 11.2 Å². The fourth-order valence-electron chi connectivity index (χ4n) is 2.13. The lowest BCUT2D eigenvalue weighted by atomic mass is 9.80. The highest BCUT2D eigenvalue weighted by atomic mass is 28.2. The molecular weight excluding hydrogens is 236 g/mol. The van der Waals surface area contributed by atoms with Gasteiger partial charge in [0.1, 0.15) is 22.2 Å². The van der Waals surface area contributed by atoms with Crippen molar-refractivity contribution in [3.8, 4) is 0 Å². The SMILES string of the molecule is CC1(CO[SiH3])OC(C(C)(C)C)C(=O)C(C)(C)O1. The molecule has 2 unspecified atom stereocenters. The predicted octanol–water partition coefficient (Wildman–Crippen LogP) is 0.809. The van der Waals surface area contributed by atoms with Gasteiger partial charge in [0.25, 0.3) is 0 Å². The van der Waals surface area contributed by atoms with Crippen LogP contribution in [-0.4, -0.2) is 40.4 Å². The molecule has 2 atom stereocenters. The van der Waals surface area contributed by atoms with Gasteiger partial charge in [0.15, 0.2) is 11.6 Å². The van der Waals surface area contributed by atoms with E-state index < -0.39 is 17.5 Å². The second kappa shape index (κ2) is 4.46. The molecule has 0 spiro atoms. The van der Waals surface area contributed by atoms with Gasteiger partial charge in [-0.15, -0.1) is 0 Å². The maximum atomic E-state index is 12.3. The summed E-state index contributed by atoms with van der Waals surface area (Å²) in [5.74, 6) is -0.840. The predicted molar refractivity (Wildman–Crippen MR) is 68.8 cm³/mol. The second-order valence-corrected chi connectivity index (χ2v) is 6.98. The van der Waals surface area contributed by atoms with Crippen LogP contribution >= 0.6 is 0 Å².